The van der Waals surface area contributed by atoms with Gasteiger partial charge in [0.25, 0.3) is 0 Å². The number of thiazole rings is 1. The maximum absolute atomic E-state index is 5.92. The molecule has 0 saturated carbocycles. The van der Waals surface area contributed by atoms with Crippen molar-refractivity contribution in [1.29, 1.82) is 0 Å². The molecule has 0 bridgehead atoms. The zero-order chi connectivity index (χ0) is 12.7. The molecule has 0 aromatic carbocycles. The summed E-state index contributed by atoms with van der Waals surface area (Å²) in [6.07, 6.45) is 6.44. The Balaban J connectivity index is 2.18. The molecule has 0 saturated heterocycles. The number of aromatic nitrogens is 4. The predicted octanol–water partition coefficient (Wildman–Crippen LogP) is 2.23. The van der Waals surface area contributed by atoms with Crippen molar-refractivity contribution in [1.82, 2.24) is 19.2 Å². The maximum Gasteiger partial charge on any atom is 0.195 e. The summed E-state index contributed by atoms with van der Waals surface area (Å²) in [7, 11) is 0. The highest BCUT2D eigenvalue weighted by Gasteiger charge is 2.16. The molecule has 5 nitrogen and oxygen atoms in total. The molecular weight excluding hydrogens is 314 g/mol. The Labute approximate surface area is 116 Å². The van der Waals surface area contributed by atoms with Crippen LogP contribution in [0.4, 0.5) is 0 Å². The van der Waals surface area contributed by atoms with Crippen LogP contribution in [0.3, 0.4) is 0 Å². The van der Waals surface area contributed by atoms with Crippen molar-refractivity contribution in [3.63, 3.8) is 0 Å². The van der Waals surface area contributed by atoms with Crippen molar-refractivity contribution < 1.29 is 0 Å². The molecule has 0 aliphatic rings. The third-order valence-electron chi connectivity index (χ3n) is 2.62. The molecule has 94 valence electrons. The summed E-state index contributed by atoms with van der Waals surface area (Å²) in [6, 6.07) is 0.0857. The molecule has 0 radical (unpaired) electrons. The van der Waals surface area contributed by atoms with E-state index in [1.165, 1.54) is 0 Å². The Bertz CT molecular complexity index is 681. The Morgan fingerprint density at radius 2 is 2.39 bits per heavy atom. The number of rotatable bonds is 3. The standard InChI is InChI=1S/C11H12BrN5S/c1-7(13)4-9-10(17-6-8(12)5-14-17)15-11-16(9)2-3-18-11/h2-3,5-7H,4,13H2,1H3. The first-order valence-electron chi connectivity index (χ1n) is 5.55. The molecule has 0 fully saturated rings. The quantitative estimate of drug-likeness (QED) is 0.803. The van der Waals surface area contributed by atoms with Crippen LogP contribution in [0, 0.1) is 0 Å². The molecular formula is C11H12BrN5S. The molecule has 0 aliphatic carbocycles. The molecule has 1 unspecified atom stereocenters. The van der Waals surface area contributed by atoms with Gasteiger partial charge >= 0.3 is 0 Å². The minimum Gasteiger partial charge on any atom is -0.328 e. The van der Waals surface area contributed by atoms with Gasteiger partial charge in [-0.05, 0) is 22.9 Å². The molecule has 0 spiro atoms. The van der Waals surface area contributed by atoms with E-state index in [2.05, 4.69) is 30.4 Å². The zero-order valence-electron chi connectivity index (χ0n) is 9.75. The van der Waals surface area contributed by atoms with Gasteiger partial charge < -0.3 is 5.73 Å². The maximum atomic E-state index is 5.92. The fourth-order valence-corrected chi connectivity index (χ4v) is 2.93. The highest BCUT2D eigenvalue weighted by Crippen LogP contribution is 2.22. The Hall–Kier alpha value is -1.18. The molecule has 1 atom stereocenters. The van der Waals surface area contributed by atoms with Gasteiger partial charge in [-0.25, -0.2) is 4.68 Å². The van der Waals surface area contributed by atoms with Crippen LogP contribution in [-0.2, 0) is 6.42 Å². The van der Waals surface area contributed by atoms with Crippen LogP contribution < -0.4 is 5.73 Å². The zero-order valence-corrected chi connectivity index (χ0v) is 12.1. The normalized spacial score (nSPS) is 13.3. The lowest BCUT2D eigenvalue weighted by Crippen LogP contribution is -2.20. The molecule has 18 heavy (non-hydrogen) atoms. The van der Waals surface area contributed by atoms with Gasteiger partial charge in [-0.1, -0.05) is 0 Å². The third-order valence-corrected chi connectivity index (χ3v) is 3.79. The highest BCUT2D eigenvalue weighted by molar-refractivity contribution is 9.10. The van der Waals surface area contributed by atoms with E-state index >= 15 is 0 Å². The van der Waals surface area contributed by atoms with E-state index in [1.807, 2.05) is 24.7 Å². The lowest BCUT2D eigenvalue weighted by atomic mass is 10.2. The van der Waals surface area contributed by atoms with E-state index in [-0.39, 0.29) is 6.04 Å². The molecule has 3 aromatic heterocycles. The van der Waals surface area contributed by atoms with Crippen LogP contribution in [0.2, 0.25) is 0 Å². The van der Waals surface area contributed by atoms with Crippen molar-refractivity contribution in [2.45, 2.75) is 19.4 Å². The average Bonchev–Trinajstić information content (AvgIpc) is 2.95. The van der Waals surface area contributed by atoms with Crippen LogP contribution >= 0.6 is 27.3 Å². The number of nitrogens with two attached hydrogens (primary N) is 1. The fourth-order valence-electron chi connectivity index (χ4n) is 1.92. The first-order valence-corrected chi connectivity index (χ1v) is 7.23. The largest absolute Gasteiger partial charge is 0.328 e. The molecule has 3 heterocycles. The van der Waals surface area contributed by atoms with Crippen molar-refractivity contribution in [3.05, 3.63) is 34.1 Å². The van der Waals surface area contributed by atoms with Gasteiger partial charge in [0.2, 0.25) is 0 Å². The van der Waals surface area contributed by atoms with Crippen LogP contribution in [0.1, 0.15) is 12.6 Å². The molecule has 2 N–H and O–H groups in total. The Kier molecular flexibility index (Phi) is 2.96. The van der Waals surface area contributed by atoms with Crippen LogP contribution in [0.25, 0.3) is 10.8 Å². The van der Waals surface area contributed by atoms with Crippen LogP contribution in [0.15, 0.2) is 28.4 Å². The topological polar surface area (TPSA) is 61.1 Å². The Morgan fingerprint density at radius 1 is 1.56 bits per heavy atom. The summed E-state index contributed by atoms with van der Waals surface area (Å²) < 4.78 is 4.80. The van der Waals surface area contributed by atoms with Crippen LogP contribution in [0.5, 0.6) is 0 Å². The van der Waals surface area contributed by atoms with Crippen molar-refractivity contribution in [3.8, 4) is 5.82 Å². The molecule has 0 amide bonds. The van der Waals surface area contributed by atoms with E-state index in [1.54, 1.807) is 22.2 Å². The smallest absolute Gasteiger partial charge is 0.195 e. The number of hydrogen-bond donors (Lipinski definition) is 1. The second kappa shape index (κ2) is 4.49. The summed E-state index contributed by atoms with van der Waals surface area (Å²) in [5, 5.41) is 6.31. The van der Waals surface area contributed by atoms with Gasteiger partial charge in [0.15, 0.2) is 10.8 Å². The minimum absolute atomic E-state index is 0.0857. The van der Waals surface area contributed by atoms with Crippen molar-refractivity contribution in [2.75, 3.05) is 0 Å². The van der Waals surface area contributed by atoms with Gasteiger partial charge in [0.05, 0.1) is 16.4 Å². The van der Waals surface area contributed by atoms with Crippen LogP contribution in [-0.4, -0.2) is 25.2 Å². The number of imidazole rings is 1. The number of hydrogen-bond acceptors (Lipinski definition) is 4. The monoisotopic (exact) mass is 325 g/mol. The average molecular weight is 326 g/mol. The second-order valence-electron chi connectivity index (χ2n) is 4.22. The molecule has 7 heteroatoms. The molecule has 0 aliphatic heterocycles. The van der Waals surface area contributed by atoms with E-state index in [9.17, 15) is 0 Å². The second-order valence-corrected chi connectivity index (χ2v) is 6.01. The molecule has 3 aromatic rings. The first kappa shape index (κ1) is 11.9. The lowest BCUT2D eigenvalue weighted by Gasteiger charge is -2.06. The first-order chi connectivity index (χ1) is 8.65. The fraction of sp³-hybridized carbons (Fsp3) is 0.273. The summed E-state index contributed by atoms with van der Waals surface area (Å²) >= 11 is 5.01. The van der Waals surface area contributed by atoms with E-state index in [0.717, 1.165) is 27.4 Å². The summed E-state index contributed by atoms with van der Waals surface area (Å²) in [5.41, 5.74) is 7.01. The highest BCUT2D eigenvalue weighted by atomic mass is 79.9. The lowest BCUT2D eigenvalue weighted by molar-refractivity contribution is 0.705. The van der Waals surface area contributed by atoms with Gasteiger partial charge in [0.1, 0.15) is 0 Å². The predicted molar refractivity (Wildman–Crippen MR) is 75.2 cm³/mol. The summed E-state index contributed by atoms with van der Waals surface area (Å²) in [5.74, 6) is 0.852. The SMILES string of the molecule is CC(N)Cc1c(-n2cc(Br)cn2)nc2sccn12. The molecule has 3 rings (SSSR count). The number of halogens is 1. The number of nitrogens with zero attached hydrogens (tertiary/aromatic N) is 4. The summed E-state index contributed by atoms with van der Waals surface area (Å²) in [6.45, 7) is 1.99. The van der Waals surface area contributed by atoms with E-state index in [4.69, 9.17) is 5.73 Å². The van der Waals surface area contributed by atoms with Gasteiger partial charge in [-0.3, -0.25) is 4.40 Å². The third kappa shape index (κ3) is 1.98. The van der Waals surface area contributed by atoms with Gasteiger partial charge in [-0.15, -0.1) is 11.3 Å². The van der Waals surface area contributed by atoms with Crippen molar-refractivity contribution >= 4 is 32.2 Å². The van der Waals surface area contributed by atoms with Gasteiger partial charge in [0, 0.05) is 30.2 Å². The van der Waals surface area contributed by atoms with Crippen molar-refractivity contribution in [2.24, 2.45) is 5.73 Å². The van der Waals surface area contributed by atoms with E-state index < -0.39 is 0 Å². The van der Waals surface area contributed by atoms with E-state index in [0.29, 0.717) is 0 Å². The minimum atomic E-state index is 0.0857. The summed E-state index contributed by atoms with van der Waals surface area (Å²) in [4.78, 5) is 5.58. The Morgan fingerprint density at radius 3 is 3.06 bits per heavy atom. The van der Waals surface area contributed by atoms with Gasteiger partial charge in [-0.2, -0.15) is 10.1 Å². The number of fused-ring (bicyclic) bond motifs is 1.